The lowest BCUT2D eigenvalue weighted by Crippen LogP contribution is -2.25. The second-order valence-electron chi connectivity index (χ2n) is 5.70. The first-order chi connectivity index (χ1) is 12.5. The summed E-state index contributed by atoms with van der Waals surface area (Å²) in [5.41, 5.74) is 0.832. The van der Waals surface area contributed by atoms with Crippen LogP contribution in [-0.4, -0.2) is 39.9 Å². The highest BCUT2D eigenvalue weighted by Crippen LogP contribution is 2.24. The fraction of sp³-hybridized carbons (Fsp3) is 0.278. The van der Waals surface area contributed by atoms with Gasteiger partial charge in [-0.15, -0.1) is 0 Å². The van der Waals surface area contributed by atoms with Gasteiger partial charge in [-0.25, -0.2) is 17.6 Å². The topological polar surface area (TPSA) is 72.9 Å². The highest BCUT2D eigenvalue weighted by Gasteiger charge is 2.28. The number of carbonyl (C=O) groups is 1. The number of sulfonamides is 1. The Hall–Kier alpha value is -2.61. The molecule has 0 atom stereocenters. The Balaban J connectivity index is 1.51. The van der Waals surface area contributed by atoms with Crippen LogP contribution >= 0.6 is 0 Å². The molecule has 1 saturated heterocycles. The van der Waals surface area contributed by atoms with Crippen LogP contribution in [0.5, 0.6) is 5.75 Å². The number of rotatable bonds is 6. The molecule has 0 amide bonds. The molecular weight excluding hydrogens is 361 g/mol. The highest BCUT2D eigenvalue weighted by molar-refractivity contribution is 7.93. The van der Waals surface area contributed by atoms with E-state index in [4.69, 9.17) is 9.47 Å². The fourth-order valence-electron chi connectivity index (χ4n) is 2.62. The Kier molecular flexibility index (Phi) is 5.41. The molecule has 6 nitrogen and oxygen atoms in total. The molecule has 138 valence electrons. The quantitative estimate of drug-likeness (QED) is 0.570. The standard InChI is InChI=1S/C18H18FNO5S/c19-16-4-1-2-5-17(16)24-11-12-25-18(21)14-6-8-15(9-7-14)20-10-3-13-26(20,22)23/h1-2,4-9H,3,10-13H2. The minimum Gasteiger partial charge on any atom is -0.487 e. The van der Waals surface area contributed by atoms with Crippen molar-refractivity contribution < 1.29 is 27.1 Å². The Morgan fingerprint density at radius 2 is 1.81 bits per heavy atom. The number of anilines is 1. The Morgan fingerprint density at radius 1 is 1.08 bits per heavy atom. The molecular formula is C18H18FNO5S. The summed E-state index contributed by atoms with van der Waals surface area (Å²) in [4.78, 5) is 12.0. The van der Waals surface area contributed by atoms with Gasteiger partial charge >= 0.3 is 5.97 Å². The average Bonchev–Trinajstić information content (AvgIpc) is 2.99. The molecule has 2 aromatic rings. The zero-order valence-corrected chi connectivity index (χ0v) is 14.7. The van der Waals surface area contributed by atoms with Crippen LogP contribution in [0.15, 0.2) is 48.5 Å². The van der Waals surface area contributed by atoms with Gasteiger partial charge in [-0.3, -0.25) is 4.31 Å². The Bertz CT molecular complexity index is 883. The van der Waals surface area contributed by atoms with E-state index in [1.807, 2.05) is 0 Å². The molecule has 3 rings (SSSR count). The van der Waals surface area contributed by atoms with Gasteiger partial charge in [0, 0.05) is 6.54 Å². The molecule has 0 aliphatic carbocycles. The van der Waals surface area contributed by atoms with Gasteiger partial charge < -0.3 is 9.47 Å². The van der Waals surface area contributed by atoms with Crippen molar-refractivity contribution in [3.63, 3.8) is 0 Å². The predicted molar refractivity (Wildman–Crippen MR) is 94.4 cm³/mol. The van der Waals surface area contributed by atoms with Crippen molar-refractivity contribution in [2.45, 2.75) is 6.42 Å². The minimum absolute atomic E-state index is 0.0246. The first kappa shape index (κ1) is 18.2. The van der Waals surface area contributed by atoms with Crippen molar-refractivity contribution in [2.75, 3.05) is 29.8 Å². The highest BCUT2D eigenvalue weighted by atomic mass is 32.2. The molecule has 0 N–H and O–H groups in total. The summed E-state index contributed by atoms with van der Waals surface area (Å²) in [6.45, 7) is 0.436. The molecule has 0 bridgehead atoms. The van der Waals surface area contributed by atoms with Gasteiger partial charge in [-0.05, 0) is 42.8 Å². The molecule has 0 aromatic heterocycles. The van der Waals surface area contributed by atoms with Gasteiger partial charge in [0.05, 0.1) is 17.0 Å². The molecule has 26 heavy (non-hydrogen) atoms. The van der Waals surface area contributed by atoms with Crippen LogP contribution in [0.4, 0.5) is 10.1 Å². The van der Waals surface area contributed by atoms with Crippen molar-refractivity contribution in [3.05, 3.63) is 59.9 Å². The van der Waals surface area contributed by atoms with Gasteiger partial charge in [-0.2, -0.15) is 0 Å². The largest absolute Gasteiger partial charge is 0.487 e. The van der Waals surface area contributed by atoms with Crippen LogP contribution in [0.1, 0.15) is 16.8 Å². The Labute approximate surface area is 151 Å². The van der Waals surface area contributed by atoms with Crippen LogP contribution in [0.2, 0.25) is 0 Å². The normalized spacial score (nSPS) is 15.7. The van der Waals surface area contributed by atoms with E-state index in [0.29, 0.717) is 24.2 Å². The number of halogens is 1. The van der Waals surface area contributed by atoms with Gasteiger partial charge in [0.1, 0.15) is 13.2 Å². The first-order valence-electron chi connectivity index (χ1n) is 8.12. The predicted octanol–water partition coefficient (Wildman–Crippen LogP) is 2.60. The van der Waals surface area contributed by atoms with Crippen LogP contribution < -0.4 is 9.04 Å². The summed E-state index contributed by atoms with van der Waals surface area (Å²) in [5.74, 6) is -0.803. The second-order valence-corrected chi connectivity index (χ2v) is 7.72. The number of nitrogens with zero attached hydrogens (tertiary/aromatic N) is 1. The van der Waals surface area contributed by atoms with E-state index in [1.165, 1.54) is 28.6 Å². The first-order valence-corrected chi connectivity index (χ1v) is 9.73. The van der Waals surface area contributed by atoms with Gasteiger partial charge in [0.2, 0.25) is 10.0 Å². The number of hydrogen-bond donors (Lipinski definition) is 0. The maximum absolute atomic E-state index is 13.4. The van der Waals surface area contributed by atoms with Crippen LogP contribution in [0.25, 0.3) is 0 Å². The molecule has 1 heterocycles. The third kappa shape index (κ3) is 4.13. The van der Waals surface area contributed by atoms with E-state index in [1.54, 1.807) is 24.3 Å². The monoisotopic (exact) mass is 379 g/mol. The summed E-state index contributed by atoms with van der Waals surface area (Å²) in [7, 11) is -3.25. The number of hydrogen-bond acceptors (Lipinski definition) is 5. The van der Waals surface area contributed by atoms with Crippen molar-refractivity contribution >= 4 is 21.7 Å². The number of esters is 1. The van der Waals surface area contributed by atoms with Crippen LogP contribution in [-0.2, 0) is 14.8 Å². The van der Waals surface area contributed by atoms with Crippen molar-refractivity contribution in [3.8, 4) is 5.75 Å². The molecule has 0 spiro atoms. The smallest absolute Gasteiger partial charge is 0.338 e. The molecule has 1 aliphatic rings. The third-order valence-corrected chi connectivity index (χ3v) is 5.77. The van der Waals surface area contributed by atoms with E-state index in [0.717, 1.165) is 0 Å². The molecule has 2 aromatic carbocycles. The summed E-state index contributed by atoms with van der Waals surface area (Å²) in [6.07, 6.45) is 0.591. The molecule has 0 radical (unpaired) electrons. The van der Waals surface area contributed by atoms with Gasteiger partial charge in [0.15, 0.2) is 11.6 Å². The molecule has 0 saturated carbocycles. The minimum atomic E-state index is -3.25. The maximum atomic E-state index is 13.4. The van der Waals surface area contributed by atoms with Crippen LogP contribution in [0, 0.1) is 5.82 Å². The number of ether oxygens (including phenoxy) is 2. The van der Waals surface area contributed by atoms with E-state index in [9.17, 15) is 17.6 Å². The van der Waals surface area contributed by atoms with E-state index in [-0.39, 0.29) is 24.7 Å². The Morgan fingerprint density at radius 3 is 2.46 bits per heavy atom. The van der Waals surface area contributed by atoms with E-state index in [2.05, 4.69) is 0 Å². The van der Waals surface area contributed by atoms with E-state index >= 15 is 0 Å². The SMILES string of the molecule is O=C(OCCOc1ccccc1F)c1ccc(N2CCCS2(=O)=O)cc1. The van der Waals surface area contributed by atoms with Crippen molar-refractivity contribution in [2.24, 2.45) is 0 Å². The second kappa shape index (κ2) is 7.74. The molecule has 1 fully saturated rings. The van der Waals surface area contributed by atoms with Gasteiger partial charge in [-0.1, -0.05) is 12.1 Å². The molecule has 8 heteroatoms. The summed E-state index contributed by atoms with van der Waals surface area (Å²) < 4.78 is 48.8. The lowest BCUT2D eigenvalue weighted by Gasteiger charge is -2.16. The lowest BCUT2D eigenvalue weighted by molar-refractivity contribution is 0.0448. The summed E-state index contributed by atoms with van der Waals surface area (Å²) in [5, 5.41) is 0. The van der Waals surface area contributed by atoms with Crippen molar-refractivity contribution in [1.29, 1.82) is 0 Å². The third-order valence-electron chi connectivity index (χ3n) is 3.90. The molecule has 0 unspecified atom stereocenters. The molecule has 1 aliphatic heterocycles. The number of benzene rings is 2. The summed E-state index contributed by atoms with van der Waals surface area (Å²) in [6, 6.07) is 12.2. The summed E-state index contributed by atoms with van der Waals surface area (Å²) >= 11 is 0. The number of carbonyl (C=O) groups excluding carboxylic acids is 1. The average molecular weight is 379 g/mol. The fourth-order valence-corrected chi connectivity index (χ4v) is 4.19. The van der Waals surface area contributed by atoms with Gasteiger partial charge in [0.25, 0.3) is 0 Å². The lowest BCUT2D eigenvalue weighted by atomic mass is 10.2. The zero-order chi connectivity index (χ0) is 18.6. The zero-order valence-electron chi connectivity index (χ0n) is 13.9. The van der Waals surface area contributed by atoms with Crippen molar-refractivity contribution in [1.82, 2.24) is 0 Å². The van der Waals surface area contributed by atoms with Crippen LogP contribution in [0.3, 0.4) is 0 Å². The van der Waals surface area contributed by atoms with E-state index < -0.39 is 21.8 Å². The number of para-hydroxylation sites is 1. The maximum Gasteiger partial charge on any atom is 0.338 e.